The van der Waals surface area contributed by atoms with Gasteiger partial charge in [0.2, 0.25) is 0 Å². The molecule has 0 radical (unpaired) electrons. The minimum atomic E-state index is 0.504. The zero-order valence-corrected chi connectivity index (χ0v) is 11.6. The summed E-state index contributed by atoms with van der Waals surface area (Å²) in [5.41, 5.74) is 2.59. The highest BCUT2D eigenvalue weighted by Crippen LogP contribution is 2.37. The summed E-state index contributed by atoms with van der Waals surface area (Å²) < 4.78 is 5.83. The monoisotopic (exact) mass is 266 g/mol. The van der Waals surface area contributed by atoms with E-state index in [4.69, 9.17) is 4.74 Å². The lowest BCUT2D eigenvalue weighted by Crippen LogP contribution is -1.95. The van der Waals surface area contributed by atoms with Gasteiger partial charge >= 0.3 is 0 Å². The Morgan fingerprint density at radius 2 is 1.90 bits per heavy atom. The summed E-state index contributed by atoms with van der Waals surface area (Å²) >= 11 is 0. The Morgan fingerprint density at radius 1 is 1.10 bits per heavy atom. The molecule has 20 heavy (non-hydrogen) atoms. The van der Waals surface area contributed by atoms with Gasteiger partial charge in [-0.2, -0.15) is 0 Å². The number of nitrogens with zero attached hydrogens (tertiary/aromatic N) is 2. The predicted molar refractivity (Wildman–Crippen MR) is 84.9 cm³/mol. The van der Waals surface area contributed by atoms with E-state index in [0.29, 0.717) is 18.0 Å². The van der Waals surface area contributed by atoms with Crippen LogP contribution < -0.4 is 4.74 Å². The maximum absolute atomic E-state index is 5.83. The summed E-state index contributed by atoms with van der Waals surface area (Å²) in [5, 5.41) is 0. The van der Waals surface area contributed by atoms with Crippen molar-refractivity contribution in [1.29, 1.82) is 0 Å². The summed E-state index contributed by atoms with van der Waals surface area (Å²) in [5.74, 6) is 0.703. The zero-order chi connectivity index (χ0) is 14.2. The molecule has 0 bridgehead atoms. The molecule has 2 aromatic rings. The van der Waals surface area contributed by atoms with Gasteiger partial charge in [0.1, 0.15) is 18.0 Å². The highest BCUT2D eigenvalue weighted by Gasteiger charge is 2.07. The Bertz CT molecular complexity index is 591. The van der Waals surface area contributed by atoms with Crippen LogP contribution in [0.3, 0.4) is 0 Å². The Kier molecular flexibility index (Phi) is 5.07. The molecule has 0 atom stereocenters. The maximum atomic E-state index is 5.83. The first-order valence-electron chi connectivity index (χ1n) is 6.64. The number of hydrogen-bond donors (Lipinski definition) is 0. The van der Waals surface area contributed by atoms with Crippen LogP contribution in [0.4, 0.5) is 11.4 Å². The van der Waals surface area contributed by atoms with Gasteiger partial charge in [0.15, 0.2) is 0 Å². The fourth-order valence-corrected chi connectivity index (χ4v) is 1.82. The van der Waals surface area contributed by atoms with Gasteiger partial charge in [-0.1, -0.05) is 43.3 Å². The fourth-order valence-electron chi connectivity index (χ4n) is 1.82. The molecule has 0 saturated heterocycles. The van der Waals surface area contributed by atoms with E-state index in [9.17, 15) is 0 Å². The van der Waals surface area contributed by atoms with Gasteiger partial charge in [-0.3, -0.25) is 9.98 Å². The van der Waals surface area contributed by atoms with Gasteiger partial charge < -0.3 is 4.74 Å². The van der Waals surface area contributed by atoms with Crippen LogP contribution in [0.15, 0.2) is 58.5 Å². The Morgan fingerprint density at radius 3 is 2.60 bits per heavy atom. The average Bonchev–Trinajstić information content (AvgIpc) is 2.51. The first-order valence-corrected chi connectivity index (χ1v) is 6.64. The van der Waals surface area contributed by atoms with Crippen molar-refractivity contribution in [2.24, 2.45) is 9.98 Å². The largest absolute Gasteiger partial charge is 0.487 e. The van der Waals surface area contributed by atoms with Gasteiger partial charge in [-0.15, -0.1) is 0 Å². The summed E-state index contributed by atoms with van der Waals surface area (Å²) in [7, 11) is 0. The summed E-state index contributed by atoms with van der Waals surface area (Å²) in [4.78, 5) is 8.42. The standard InChI is InChI=1S/C17H18N2O/c1-3-12-19-15-10-7-11-16(17(15)18-2)20-13-14-8-5-4-6-9-14/h4-12H,2-3,13H2,1H3. The smallest absolute Gasteiger partial charge is 0.147 e. The fraction of sp³-hybridized carbons (Fsp3) is 0.176. The molecule has 0 spiro atoms. The molecule has 0 saturated carbocycles. The normalized spacial score (nSPS) is 10.7. The van der Waals surface area contributed by atoms with Crippen LogP contribution in [0.25, 0.3) is 0 Å². The van der Waals surface area contributed by atoms with Crippen LogP contribution >= 0.6 is 0 Å². The van der Waals surface area contributed by atoms with Crippen LogP contribution in [0.1, 0.15) is 18.9 Å². The van der Waals surface area contributed by atoms with Crippen molar-refractivity contribution in [3.8, 4) is 5.75 Å². The lowest BCUT2D eigenvalue weighted by molar-refractivity contribution is 0.307. The molecular weight excluding hydrogens is 248 g/mol. The second-order valence-electron chi connectivity index (χ2n) is 4.28. The van der Waals surface area contributed by atoms with E-state index in [2.05, 4.69) is 16.7 Å². The summed E-state index contributed by atoms with van der Waals surface area (Å²) in [6.07, 6.45) is 2.73. The molecule has 3 heteroatoms. The third kappa shape index (κ3) is 3.54. The molecule has 0 aliphatic heterocycles. The molecule has 0 N–H and O–H groups in total. The van der Waals surface area contributed by atoms with Gasteiger partial charge in [-0.25, -0.2) is 0 Å². The molecular formula is C17H18N2O. The third-order valence-electron chi connectivity index (χ3n) is 2.79. The molecule has 0 fully saturated rings. The van der Waals surface area contributed by atoms with Crippen LogP contribution in [-0.4, -0.2) is 12.9 Å². The van der Waals surface area contributed by atoms with Gasteiger partial charge in [0.05, 0.1) is 5.69 Å². The minimum absolute atomic E-state index is 0.504. The molecule has 2 rings (SSSR count). The second kappa shape index (κ2) is 7.24. The number of benzene rings is 2. The Labute approximate surface area is 119 Å². The molecule has 0 aliphatic rings. The SMILES string of the molecule is C=Nc1c(N=CCC)cccc1OCc1ccccc1. The van der Waals surface area contributed by atoms with Crippen molar-refractivity contribution in [2.75, 3.05) is 0 Å². The maximum Gasteiger partial charge on any atom is 0.147 e. The first kappa shape index (κ1) is 14.0. The van der Waals surface area contributed by atoms with E-state index < -0.39 is 0 Å². The van der Waals surface area contributed by atoms with Crippen LogP contribution in [0.5, 0.6) is 5.75 Å². The topological polar surface area (TPSA) is 34.0 Å². The molecule has 0 unspecified atom stereocenters. The van der Waals surface area contributed by atoms with Crippen LogP contribution in [-0.2, 0) is 6.61 Å². The molecule has 2 aromatic carbocycles. The Hall–Kier alpha value is -2.42. The molecule has 0 amide bonds. The van der Waals surface area contributed by atoms with Gasteiger partial charge in [0.25, 0.3) is 0 Å². The lowest BCUT2D eigenvalue weighted by Gasteiger charge is -2.10. The first-order chi connectivity index (χ1) is 9.85. The zero-order valence-electron chi connectivity index (χ0n) is 11.6. The molecule has 0 aromatic heterocycles. The molecule has 0 aliphatic carbocycles. The average molecular weight is 266 g/mol. The highest BCUT2D eigenvalue weighted by atomic mass is 16.5. The van der Waals surface area contributed by atoms with E-state index in [0.717, 1.165) is 17.7 Å². The highest BCUT2D eigenvalue weighted by molar-refractivity contribution is 5.76. The number of ether oxygens (including phenoxy) is 1. The van der Waals surface area contributed by atoms with Crippen molar-refractivity contribution in [1.82, 2.24) is 0 Å². The van der Waals surface area contributed by atoms with Gasteiger partial charge in [-0.05, 0) is 30.8 Å². The van der Waals surface area contributed by atoms with E-state index in [1.807, 2.05) is 61.7 Å². The lowest BCUT2D eigenvalue weighted by atomic mass is 10.2. The van der Waals surface area contributed by atoms with Crippen molar-refractivity contribution >= 4 is 24.3 Å². The quantitative estimate of drug-likeness (QED) is 0.697. The summed E-state index contributed by atoms with van der Waals surface area (Å²) in [6.45, 7) is 6.16. The third-order valence-corrected chi connectivity index (χ3v) is 2.79. The molecule has 0 heterocycles. The van der Waals surface area contributed by atoms with E-state index in [-0.39, 0.29) is 0 Å². The molecule has 102 valence electrons. The predicted octanol–water partition coefficient (Wildman–Crippen LogP) is 4.71. The van der Waals surface area contributed by atoms with Crippen molar-refractivity contribution in [3.63, 3.8) is 0 Å². The van der Waals surface area contributed by atoms with Crippen molar-refractivity contribution in [3.05, 3.63) is 54.1 Å². The number of hydrogen-bond acceptors (Lipinski definition) is 3. The number of rotatable bonds is 6. The minimum Gasteiger partial charge on any atom is -0.487 e. The Balaban J connectivity index is 2.19. The van der Waals surface area contributed by atoms with Crippen molar-refractivity contribution < 1.29 is 4.74 Å². The number of para-hydroxylation sites is 1. The van der Waals surface area contributed by atoms with Gasteiger partial charge in [0, 0.05) is 6.21 Å². The number of aliphatic imine (C=N–C) groups is 2. The van der Waals surface area contributed by atoms with Crippen LogP contribution in [0, 0.1) is 0 Å². The second-order valence-corrected chi connectivity index (χ2v) is 4.28. The van der Waals surface area contributed by atoms with E-state index in [1.165, 1.54) is 0 Å². The van der Waals surface area contributed by atoms with Crippen molar-refractivity contribution in [2.45, 2.75) is 20.0 Å². The summed E-state index contributed by atoms with van der Waals surface area (Å²) in [6, 6.07) is 15.7. The van der Waals surface area contributed by atoms with E-state index in [1.54, 1.807) is 0 Å². The molecule has 3 nitrogen and oxygen atoms in total. The van der Waals surface area contributed by atoms with E-state index >= 15 is 0 Å². The van der Waals surface area contributed by atoms with Crippen LogP contribution in [0.2, 0.25) is 0 Å².